The highest BCUT2D eigenvalue weighted by molar-refractivity contribution is 7.89. The molecule has 0 unspecified atom stereocenters. The topological polar surface area (TPSA) is 86.5 Å². The van der Waals surface area contributed by atoms with E-state index in [0.29, 0.717) is 0 Å². The minimum absolute atomic E-state index is 0.0928. The smallest absolute Gasteiger partial charge is 0.241 e. The molecule has 82 valence electrons. The van der Waals surface area contributed by atoms with E-state index in [1.54, 1.807) is 6.07 Å². The lowest BCUT2D eigenvalue weighted by atomic mass is 10.3. The number of para-hydroxylation sites is 1. The number of ether oxygens (including phenoxy) is 1. The van der Waals surface area contributed by atoms with Gasteiger partial charge in [-0.05, 0) is 19.1 Å². The van der Waals surface area contributed by atoms with Gasteiger partial charge in [0.2, 0.25) is 10.0 Å². The van der Waals surface area contributed by atoms with Gasteiger partial charge in [-0.15, -0.1) is 0 Å². The van der Waals surface area contributed by atoms with E-state index in [9.17, 15) is 13.2 Å². The summed E-state index contributed by atoms with van der Waals surface area (Å²) in [5, 5.41) is 4.97. The van der Waals surface area contributed by atoms with Crippen LogP contribution in [0.1, 0.15) is 6.92 Å². The number of benzene rings is 1. The summed E-state index contributed by atoms with van der Waals surface area (Å²) >= 11 is 0. The van der Waals surface area contributed by atoms with Crippen LogP contribution in [0.15, 0.2) is 29.2 Å². The first-order valence-electron chi connectivity index (χ1n) is 4.15. The van der Waals surface area contributed by atoms with Crippen molar-refractivity contribution in [2.75, 3.05) is 6.61 Å². The number of Topliss-reactive ketones (excluding diaryl/α,β-unsaturated/α-hetero) is 1. The molecule has 0 fully saturated rings. The van der Waals surface area contributed by atoms with Crippen molar-refractivity contribution in [2.24, 2.45) is 5.14 Å². The fourth-order valence-corrected chi connectivity index (χ4v) is 1.66. The van der Waals surface area contributed by atoms with Gasteiger partial charge in [0.1, 0.15) is 17.3 Å². The summed E-state index contributed by atoms with van der Waals surface area (Å²) in [6, 6.07) is 5.90. The summed E-state index contributed by atoms with van der Waals surface area (Å²) in [6.07, 6.45) is 0. The summed E-state index contributed by atoms with van der Waals surface area (Å²) in [5.41, 5.74) is 0. The molecule has 5 nitrogen and oxygen atoms in total. The largest absolute Gasteiger partial charge is 0.484 e. The predicted octanol–water partition coefficient (Wildman–Crippen LogP) is 0.302. The molecule has 0 saturated carbocycles. The maximum absolute atomic E-state index is 11.1. The molecule has 0 radical (unpaired) electrons. The van der Waals surface area contributed by atoms with E-state index in [2.05, 4.69) is 0 Å². The van der Waals surface area contributed by atoms with Gasteiger partial charge >= 0.3 is 0 Å². The van der Waals surface area contributed by atoms with E-state index in [1.807, 2.05) is 0 Å². The molecular formula is C9H11NO4S. The van der Waals surface area contributed by atoms with Crippen molar-refractivity contribution in [3.8, 4) is 5.75 Å². The first-order chi connectivity index (χ1) is 6.91. The number of carbonyl (C=O) groups excluding carboxylic acids is 1. The molecule has 1 rings (SSSR count). The van der Waals surface area contributed by atoms with Gasteiger partial charge in [0, 0.05) is 0 Å². The Balaban J connectivity index is 3.02. The van der Waals surface area contributed by atoms with Gasteiger partial charge in [-0.2, -0.15) is 0 Å². The Morgan fingerprint density at radius 1 is 1.40 bits per heavy atom. The maximum Gasteiger partial charge on any atom is 0.241 e. The van der Waals surface area contributed by atoms with Crippen LogP contribution in [0.4, 0.5) is 0 Å². The van der Waals surface area contributed by atoms with Crippen LogP contribution in [0.2, 0.25) is 0 Å². The Bertz CT molecular complexity index is 467. The van der Waals surface area contributed by atoms with E-state index in [0.717, 1.165) is 0 Å². The highest BCUT2D eigenvalue weighted by atomic mass is 32.2. The predicted molar refractivity (Wildman–Crippen MR) is 54.0 cm³/mol. The molecule has 0 atom stereocenters. The molecule has 0 heterocycles. The quantitative estimate of drug-likeness (QED) is 0.804. The fraction of sp³-hybridized carbons (Fsp3) is 0.222. The number of hydrogen-bond donors (Lipinski definition) is 1. The molecule has 0 amide bonds. The lowest BCUT2D eigenvalue weighted by molar-refractivity contribution is -0.118. The van der Waals surface area contributed by atoms with Gasteiger partial charge in [0.25, 0.3) is 0 Å². The summed E-state index contributed by atoms with van der Waals surface area (Å²) < 4.78 is 27.2. The zero-order valence-corrected chi connectivity index (χ0v) is 8.95. The molecule has 2 N–H and O–H groups in total. The molecule has 1 aromatic carbocycles. The van der Waals surface area contributed by atoms with Crippen molar-refractivity contribution in [3.63, 3.8) is 0 Å². The van der Waals surface area contributed by atoms with E-state index >= 15 is 0 Å². The normalized spacial score (nSPS) is 11.1. The molecule has 0 aromatic heterocycles. The molecule has 6 heteroatoms. The zero-order chi connectivity index (χ0) is 11.5. The number of ketones is 1. The van der Waals surface area contributed by atoms with Crippen LogP contribution < -0.4 is 9.88 Å². The molecule has 0 saturated heterocycles. The molecule has 0 aliphatic rings. The Morgan fingerprint density at radius 2 is 2.00 bits per heavy atom. The van der Waals surface area contributed by atoms with E-state index in [-0.39, 0.29) is 23.0 Å². The Labute approximate surface area is 87.9 Å². The average Bonchev–Trinajstić information content (AvgIpc) is 2.13. The van der Waals surface area contributed by atoms with Crippen molar-refractivity contribution in [1.29, 1.82) is 0 Å². The fourth-order valence-electron chi connectivity index (χ4n) is 0.984. The molecule has 0 aliphatic heterocycles. The second-order valence-corrected chi connectivity index (χ2v) is 4.51. The monoisotopic (exact) mass is 229 g/mol. The molecule has 0 spiro atoms. The summed E-state index contributed by atoms with van der Waals surface area (Å²) in [4.78, 5) is 10.6. The van der Waals surface area contributed by atoms with Crippen LogP contribution in [-0.2, 0) is 14.8 Å². The number of hydrogen-bond acceptors (Lipinski definition) is 4. The zero-order valence-electron chi connectivity index (χ0n) is 8.14. The molecular weight excluding hydrogens is 218 g/mol. The Morgan fingerprint density at radius 3 is 2.53 bits per heavy atom. The van der Waals surface area contributed by atoms with E-state index < -0.39 is 10.0 Å². The van der Waals surface area contributed by atoms with Gasteiger partial charge in [-0.1, -0.05) is 12.1 Å². The lowest BCUT2D eigenvalue weighted by Gasteiger charge is -2.07. The van der Waals surface area contributed by atoms with Crippen molar-refractivity contribution in [3.05, 3.63) is 24.3 Å². The average molecular weight is 229 g/mol. The molecule has 15 heavy (non-hydrogen) atoms. The van der Waals surface area contributed by atoms with E-state index in [4.69, 9.17) is 9.88 Å². The first kappa shape index (κ1) is 11.7. The third kappa shape index (κ3) is 3.34. The number of sulfonamides is 1. The Kier molecular flexibility index (Phi) is 3.43. The number of primary sulfonamides is 1. The molecule has 0 aliphatic carbocycles. The van der Waals surface area contributed by atoms with Gasteiger partial charge in [0.05, 0.1) is 0 Å². The van der Waals surface area contributed by atoms with Crippen LogP contribution in [0, 0.1) is 0 Å². The van der Waals surface area contributed by atoms with Crippen molar-refractivity contribution < 1.29 is 17.9 Å². The van der Waals surface area contributed by atoms with Crippen LogP contribution in [0.3, 0.4) is 0 Å². The second kappa shape index (κ2) is 4.41. The Hall–Kier alpha value is -1.40. The van der Waals surface area contributed by atoms with Crippen molar-refractivity contribution >= 4 is 15.8 Å². The van der Waals surface area contributed by atoms with Crippen molar-refractivity contribution in [1.82, 2.24) is 0 Å². The van der Waals surface area contributed by atoms with Crippen LogP contribution >= 0.6 is 0 Å². The maximum atomic E-state index is 11.1. The van der Waals surface area contributed by atoms with Gasteiger partial charge in [-0.3, -0.25) is 4.79 Å². The second-order valence-electron chi connectivity index (χ2n) is 2.98. The van der Waals surface area contributed by atoms with Gasteiger partial charge in [-0.25, -0.2) is 13.6 Å². The van der Waals surface area contributed by atoms with Gasteiger partial charge < -0.3 is 4.74 Å². The lowest BCUT2D eigenvalue weighted by Crippen LogP contribution is -2.15. The van der Waals surface area contributed by atoms with Gasteiger partial charge in [0.15, 0.2) is 5.78 Å². The van der Waals surface area contributed by atoms with Crippen LogP contribution in [-0.4, -0.2) is 20.8 Å². The minimum atomic E-state index is -3.82. The highest BCUT2D eigenvalue weighted by Gasteiger charge is 2.14. The molecule has 1 aromatic rings. The summed E-state index contributed by atoms with van der Waals surface area (Å²) in [5.74, 6) is -0.102. The van der Waals surface area contributed by atoms with E-state index in [1.165, 1.54) is 25.1 Å². The summed E-state index contributed by atoms with van der Waals surface area (Å²) in [7, 11) is -3.82. The standard InChI is InChI=1S/C9H11NO4S/c1-7(11)6-14-8-4-2-3-5-9(8)15(10,12)13/h2-5H,6H2,1H3,(H2,10,12,13). The number of rotatable bonds is 4. The first-order valence-corrected chi connectivity index (χ1v) is 5.70. The van der Waals surface area contributed by atoms with Crippen LogP contribution in [0.25, 0.3) is 0 Å². The summed E-state index contributed by atoms with van der Waals surface area (Å²) in [6.45, 7) is 1.17. The third-order valence-corrected chi connectivity index (χ3v) is 2.54. The highest BCUT2D eigenvalue weighted by Crippen LogP contribution is 2.21. The number of nitrogens with two attached hydrogens (primary N) is 1. The number of carbonyl (C=O) groups is 1. The SMILES string of the molecule is CC(=O)COc1ccccc1S(N)(=O)=O. The van der Waals surface area contributed by atoms with Crippen LogP contribution in [0.5, 0.6) is 5.75 Å². The third-order valence-electron chi connectivity index (χ3n) is 1.59. The van der Waals surface area contributed by atoms with Crippen molar-refractivity contribution in [2.45, 2.75) is 11.8 Å². The molecule has 0 bridgehead atoms. The minimum Gasteiger partial charge on any atom is -0.484 e.